The number of amides is 3. The van der Waals surface area contributed by atoms with Crippen molar-refractivity contribution in [2.75, 3.05) is 11.4 Å². The fraction of sp³-hybridized carbons (Fsp3) is 0.0870. The van der Waals surface area contributed by atoms with Gasteiger partial charge in [0.25, 0.3) is 17.7 Å². The molecule has 6 heteroatoms. The molecule has 0 unspecified atom stereocenters. The summed E-state index contributed by atoms with van der Waals surface area (Å²) in [6, 6.07) is 17.4. The first-order valence-corrected chi connectivity index (χ1v) is 9.10. The van der Waals surface area contributed by atoms with Crippen molar-refractivity contribution < 1.29 is 18.8 Å². The average molecular weight is 386 g/mol. The van der Waals surface area contributed by atoms with Gasteiger partial charge in [0.1, 0.15) is 5.76 Å². The maximum Gasteiger partial charge on any atom is 0.261 e. The van der Waals surface area contributed by atoms with Gasteiger partial charge in [0.2, 0.25) is 0 Å². The van der Waals surface area contributed by atoms with Crippen molar-refractivity contribution >= 4 is 23.4 Å². The standard InChI is InChI=1S/C23H18N2O4/c1-2-12-24-22(27)19-11-10-16(14-20(19)23(24)28)21(26)25(15-18-9-6-13-29-18)17-7-4-3-5-8-17/h2-11,13-14H,1,12,15H2. The second-order valence-electron chi connectivity index (χ2n) is 6.58. The number of anilines is 1. The smallest absolute Gasteiger partial charge is 0.261 e. The van der Waals surface area contributed by atoms with E-state index in [1.54, 1.807) is 29.4 Å². The van der Waals surface area contributed by atoms with Crippen molar-refractivity contribution in [3.05, 3.63) is 102 Å². The van der Waals surface area contributed by atoms with Gasteiger partial charge in [0, 0.05) is 17.8 Å². The maximum atomic E-state index is 13.3. The maximum absolute atomic E-state index is 13.3. The number of carbonyl (C=O) groups is 3. The number of furan rings is 1. The predicted octanol–water partition coefficient (Wildman–Crippen LogP) is 3.91. The van der Waals surface area contributed by atoms with E-state index in [-0.39, 0.29) is 30.5 Å². The number of fused-ring (bicyclic) bond motifs is 1. The van der Waals surface area contributed by atoms with Crippen LogP contribution in [0, 0.1) is 0 Å². The molecule has 4 rings (SSSR count). The summed E-state index contributed by atoms with van der Waals surface area (Å²) in [6.45, 7) is 3.95. The SMILES string of the molecule is C=CCN1C(=O)c2ccc(C(=O)N(Cc3ccco3)c3ccccc3)cc2C1=O. The molecule has 0 N–H and O–H groups in total. The molecule has 3 amide bonds. The van der Waals surface area contributed by atoms with Crippen molar-refractivity contribution in [1.82, 2.24) is 4.90 Å². The van der Waals surface area contributed by atoms with Crippen molar-refractivity contribution in [3.8, 4) is 0 Å². The van der Waals surface area contributed by atoms with E-state index in [4.69, 9.17) is 4.42 Å². The second-order valence-corrected chi connectivity index (χ2v) is 6.58. The van der Waals surface area contributed by atoms with Crippen LogP contribution in [-0.4, -0.2) is 29.2 Å². The lowest BCUT2D eigenvalue weighted by atomic mass is 10.0. The van der Waals surface area contributed by atoms with Crippen LogP contribution < -0.4 is 4.90 Å². The van der Waals surface area contributed by atoms with Gasteiger partial charge < -0.3 is 9.32 Å². The highest BCUT2D eigenvalue weighted by molar-refractivity contribution is 6.22. The van der Waals surface area contributed by atoms with Crippen molar-refractivity contribution in [3.63, 3.8) is 0 Å². The first-order chi connectivity index (χ1) is 14.1. The lowest BCUT2D eigenvalue weighted by Crippen LogP contribution is -2.30. The topological polar surface area (TPSA) is 70.8 Å². The molecular formula is C23H18N2O4. The number of rotatable bonds is 6. The Morgan fingerprint density at radius 2 is 1.76 bits per heavy atom. The van der Waals surface area contributed by atoms with Crippen molar-refractivity contribution in [1.29, 1.82) is 0 Å². The monoisotopic (exact) mass is 386 g/mol. The highest BCUT2D eigenvalue weighted by Crippen LogP contribution is 2.26. The Hall–Kier alpha value is -3.93. The van der Waals surface area contributed by atoms with Gasteiger partial charge in [-0.25, -0.2) is 0 Å². The van der Waals surface area contributed by atoms with Crippen LogP contribution in [0.15, 0.2) is 84.0 Å². The van der Waals surface area contributed by atoms with Crippen LogP contribution in [0.5, 0.6) is 0 Å². The van der Waals surface area contributed by atoms with Gasteiger partial charge in [0.05, 0.1) is 23.9 Å². The molecule has 0 radical (unpaired) electrons. The second kappa shape index (κ2) is 7.59. The van der Waals surface area contributed by atoms with Crippen LogP contribution in [0.4, 0.5) is 5.69 Å². The minimum Gasteiger partial charge on any atom is -0.467 e. The molecule has 0 aliphatic carbocycles. The third-order valence-electron chi connectivity index (χ3n) is 4.74. The molecule has 1 aliphatic heterocycles. The molecule has 29 heavy (non-hydrogen) atoms. The lowest BCUT2D eigenvalue weighted by Gasteiger charge is -2.22. The van der Waals surface area contributed by atoms with E-state index in [0.717, 1.165) is 4.90 Å². The van der Waals surface area contributed by atoms with Crippen LogP contribution in [0.3, 0.4) is 0 Å². The summed E-state index contributed by atoms with van der Waals surface area (Å²) in [5.41, 5.74) is 1.55. The molecule has 144 valence electrons. The van der Waals surface area contributed by atoms with E-state index in [9.17, 15) is 14.4 Å². The Bertz CT molecular complexity index is 1090. The number of imide groups is 1. The number of para-hydroxylation sites is 1. The first kappa shape index (κ1) is 18.4. The minimum atomic E-state index is -0.420. The Morgan fingerprint density at radius 3 is 2.45 bits per heavy atom. The largest absolute Gasteiger partial charge is 0.467 e. The lowest BCUT2D eigenvalue weighted by molar-refractivity contribution is 0.0672. The Balaban J connectivity index is 1.70. The van der Waals surface area contributed by atoms with Gasteiger partial charge in [-0.3, -0.25) is 19.3 Å². The summed E-state index contributed by atoms with van der Waals surface area (Å²) >= 11 is 0. The molecule has 2 heterocycles. The third kappa shape index (κ3) is 3.36. The number of benzene rings is 2. The molecule has 0 fully saturated rings. The van der Waals surface area contributed by atoms with E-state index < -0.39 is 5.91 Å². The van der Waals surface area contributed by atoms with Gasteiger partial charge in [-0.2, -0.15) is 0 Å². The van der Waals surface area contributed by atoms with Gasteiger partial charge in [0.15, 0.2) is 0 Å². The van der Waals surface area contributed by atoms with E-state index in [1.165, 1.54) is 18.2 Å². The summed E-state index contributed by atoms with van der Waals surface area (Å²) in [6.07, 6.45) is 3.05. The van der Waals surface area contributed by atoms with Gasteiger partial charge >= 0.3 is 0 Å². The number of nitrogens with zero attached hydrogens (tertiary/aromatic N) is 2. The first-order valence-electron chi connectivity index (χ1n) is 9.10. The summed E-state index contributed by atoms with van der Waals surface area (Å²) in [5, 5.41) is 0. The van der Waals surface area contributed by atoms with Gasteiger partial charge in [-0.15, -0.1) is 6.58 Å². The fourth-order valence-corrected chi connectivity index (χ4v) is 3.32. The molecule has 2 aromatic carbocycles. The highest BCUT2D eigenvalue weighted by atomic mass is 16.3. The quantitative estimate of drug-likeness (QED) is 0.476. The summed E-state index contributed by atoms with van der Waals surface area (Å²) in [7, 11) is 0. The van der Waals surface area contributed by atoms with E-state index in [1.807, 2.05) is 30.3 Å². The molecule has 0 atom stereocenters. The minimum absolute atomic E-state index is 0.129. The Kier molecular flexibility index (Phi) is 4.83. The number of hydrogen-bond donors (Lipinski definition) is 0. The van der Waals surface area contributed by atoms with Crippen LogP contribution in [0.25, 0.3) is 0 Å². The number of hydrogen-bond acceptors (Lipinski definition) is 4. The number of carbonyl (C=O) groups excluding carboxylic acids is 3. The van der Waals surface area contributed by atoms with Crippen LogP contribution in [0.1, 0.15) is 36.8 Å². The zero-order valence-electron chi connectivity index (χ0n) is 15.6. The molecular weight excluding hydrogens is 368 g/mol. The molecule has 0 spiro atoms. The molecule has 1 aromatic heterocycles. The molecule has 6 nitrogen and oxygen atoms in total. The van der Waals surface area contributed by atoms with Crippen LogP contribution in [0.2, 0.25) is 0 Å². The zero-order valence-corrected chi connectivity index (χ0v) is 15.6. The van der Waals surface area contributed by atoms with Gasteiger partial charge in [-0.05, 0) is 42.5 Å². The normalized spacial score (nSPS) is 12.8. The van der Waals surface area contributed by atoms with E-state index in [2.05, 4.69) is 6.58 Å². The van der Waals surface area contributed by atoms with E-state index in [0.29, 0.717) is 22.6 Å². The summed E-state index contributed by atoms with van der Waals surface area (Å²) in [5.74, 6) is -0.458. The van der Waals surface area contributed by atoms with Crippen molar-refractivity contribution in [2.45, 2.75) is 6.54 Å². The molecule has 0 bridgehead atoms. The summed E-state index contributed by atoms with van der Waals surface area (Å²) < 4.78 is 5.41. The average Bonchev–Trinajstić information content (AvgIpc) is 3.35. The van der Waals surface area contributed by atoms with Crippen LogP contribution in [-0.2, 0) is 6.54 Å². The predicted molar refractivity (Wildman–Crippen MR) is 108 cm³/mol. The highest BCUT2D eigenvalue weighted by Gasteiger charge is 2.35. The Labute approximate surface area is 167 Å². The van der Waals surface area contributed by atoms with Gasteiger partial charge in [-0.1, -0.05) is 24.3 Å². The molecule has 3 aromatic rings. The fourth-order valence-electron chi connectivity index (χ4n) is 3.32. The third-order valence-corrected chi connectivity index (χ3v) is 4.74. The molecule has 0 saturated carbocycles. The summed E-state index contributed by atoms with van der Waals surface area (Å²) in [4.78, 5) is 41.0. The van der Waals surface area contributed by atoms with Crippen molar-refractivity contribution in [2.24, 2.45) is 0 Å². The molecule has 0 saturated heterocycles. The molecule has 1 aliphatic rings. The Morgan fingerprint density at radius 1 is 1.00 bits per heavy atom. The zero-order chi connectivity index (χ0) is 20.4. The van der Waals surface area contributed by atoms with Crippen LogP contribution >= 0.6 is 0 Å². The van der Waals surface area contributed by atoms with E-state index >= 15 is 0 Å².